The van der Waals surface area contributed by atoms with Gasteiger partial charge in [0, 0.05) is 11.1 Å². The monoisotopic (exact) mass is 312 g/mol. The van der Waals surface area contributed by atoms with Gasteiger partial charge in [0.25, 0.3) is 0 Å². The lowest BCUT2D eigenvalue weighted by atomic mass is 10.1. The summed E-state index contributed by atoms with van der Waals surface area (Å²) in [6.45, 7) is 0. The zero-order chi connectivity index (χ0) is 14.9. The molecule has 2 aromatic heterocycles. The molecule has 1 aliphatic carbocycles. The number of ether oxygens (including phenoxy) is 2. The van der Waals surface area contributed by atoms with Gasteiger partial charge in [-0.15, -0.1) is 11.3 Å². The van der Waals surface area contributed by atoms with Gasteiger partial charge in [-0.3, -0.25) is 5.10 Å². The van der Waals surface area contributed by atoms with Crippen LogP contribution in [0.25, 0.3) is 10.6 Å². The van der Waals surface area contributed by atoms with Crippen molar-refractivity contribution in [2.24, 2.45) is 0 Å². The fourth-order valence-corrected chi connectivity index (χ4v) is 3.71. The lowest BCUT2D eigenvalue weighted by Crippen LogP contribution is -1.95. The summed E-state index contributed by atoms with van der Waals surface area (Å²) in [6.07, 6.45) is 5.04. The Hall–Kier alpha value is -2.27. The van der Waals surface area contributed by atoms with E-state index in [2.05, 4.69) is 10.2 Å². The molecule has 0 saturated heterocycles. The average Bonchev–Trinajstić information content (AvgIpc) is 3.28. The van der Waals surface area contributed by atoms with Gasteiger partial charge in [0.2, 0.25) is 0 Å². The minimum atomic E-state index is 0.765. The summed E-state index contributed by atoms with van der Waals surface area (Å²) < 4.78 is 11.6. The highest BCUT2D eigenvalue weighted by atomic mass is 32.1. The molecule has 1 aromatic carbocycles. The van der Waals surface area contributed by atoms with E-state index in [1.54, 1.807) is 24.6 Å². The smallest absolute Gasteiger partial charge is 0.173 e. The highest BCUT2D eigenvalue weighted by molar-refractivity contribution is 7.13. The van der Waals surface area contributed by atoms with Gasteiger partial charge in [0.15, 0.2) is 5.75 Å². The number of aromatic nitrogens is 2. The Morgan fingerprint density at radius 1 is 1.09 bits per heavy atom. The van der Waals surface area contributed by atoms with Crippen molar-refractivity contribution in [3.63, 3.8) is 0 Å². The molecule has 3 aromatic rings. The van der Waals surface area contributed by atoms with E-state index in [0.717, 1.165) is 47.1 Å². The lowest BCUT2D eigenvalue weighted by Gasteiger charge is -2.13. The number of methoxy groups -OCH3 is 1. The molecule has 1 N–H and O–H groups in total. The average molecular weight is 312 g/mol. The molecule has 0 aliphatic heterocycles. The second-order valence-electron chi connectivity index (χ2n) is 5.25. The van der Waals surface area contributed by atoms with Crippen molar-refractivity contribution in [3.8, 4) is 27.8 Å². The summed E-state index contributed by atoms with van der Waals surface area (Å²) in [5.74, 6) is 2.64. The lowest BCUT2D eigenvalue weighted by molar-refractivity contribution is 0.408. The summed E-state index contributed by atoms with van der Waals surface area (Å²) in [4.78, 5) is 1.10. The van der Waals surface area contributed by atoms with Crippen LogP contribution in [0.4, 0.5) is 0 Å². The minimum Gasteiger partial charge on any atom is -0.496 e. The quantitative estimate of drug-likeness (QED) is 0.775. The molecule has 2 heterocycles. The maximum atomic E-state index is 6.17. The largest absolute Gasteiger partial charge is 0.496 e. The SMILES string of the molecule is COc1ccc(Oc2c[nH]nc2-c2cccs2)c2c1CCC2. The number of H-pyrrole nitrogens is 1. The second kappa shape index (κ2) is 5.50. The molecule has 4 nitrogen and oxygen atoms in total. The minimum absolute atomic E-state index is 0.765. The van der Waals surface area contributed by atoms with Crippen LogP contribution < -0.4 is 9.47 Å². The van der Waals surface area contributed by atoms with Crippen molar-refractivity contribution in [1.82, 2.24) is 10.2 Å². The molecule has 0 radical (unpaired) electrons. The molecule has 0 amide bonds. The van der Waals surface area contributed by atoms with E-state index in [1.807, 2.05) is 29.6 Å². The van der Waals surface area contributed by atoms with Crippen LogP contribution in [0.3, 0.4) is 0 Å². The number of aromatic amines is 1. The van der Waals surface area contributed by atoms with Gasteiger partial charge in [-0.05, 0) is 42.8 Å². The first-order chi connectivity index (χ1) is 10.9. The second-order valence-corrected chi connectivity index (χ2v) is 6.20. The van der Waals surface area contributed by atoms with Crippen LogP contribution in [-0.4, -0.2) is 17.3 Å². The van der Waals surface area contributed by atoms with Crippen molar-refractivity contribution >= 4 is 11.3 Å². The van der Waals surface area contributed by atoms with E-state index in [9.17, 15) is 0 Å². The molecule has 0 unspecified atom stereocenters. The number of hydrogen-bond acceptors (Lipinski definition) is 4. The van der Waals surface area contributed by atoms with Crippen molar-refractivity contribution < 1.29 is 9.47 Å². The third-order valence-corrected chi connectivity index (χ3v) is 4.88. The molecule has 0 fully saturated rings. The molecular formula is C17H16N2O2S. The number of nitrogens with zero attached hydrogens (tertiary/aromatic N) is 1. The first-order valence-corrected chi connectivity index (χ1v) is 8.19. The topological polar surface area (TPSA) is 47.1 Å². The Morgan fingerprint density at radius 2 is 1.91 bits per heavy atom. The van der Waals surface area contributed by atoms with Crippen LogP contribution in [0, 0.1) is 0 Å². The maximum absolute atomic E-state index is 6.17. The van der Waals surface area contributed by atoms with E-state index in [1.165, 1.54) is 11.1 Å². The predicted molar refractivity (Wildman–Crippen MR) is 87.0 cm³/mol. The Morgan fingerprint density at radius 3 is 2.68 bits per heavy atom. The molecule has 0 atom stereocenters. The number of thiophene rings is 1. The predicted octanol–water partition coefficient (Wildman–Crippen LogP) is 4.43. The third kappa shape index (κ3) is 2.18. The maximum Gasteiger partial charge on any atom is 0.173 e. The summed E-state index contributed by atoms with van der Waals surface area (Å²) >= 11 is 1.65. The van der Waals surface area contributed by atoms with Gasteiger partial charge >= 0.3 is 0 Å². The van der Waals surface area contributed by atoms with E-state index in [4.69, 9.17) is 9.47 Å². The summed E-state index contributed by atoms with van der Waals surface area (Å²) in [7, 11) is 1.72. The number of rotatable bonds is 4. The molecule has 1 aliphatic rings. The van der Waals surface area contributed by atoms with E-state index >= 15 is 0 Å². The fourth-order valence-electron chi connectivity index (χ4n) is 2.99. The van der Waals surface area contributed by atoms with Gasteiger partial charge in [-0.1, -0.05) is 6.07 Å². The van der Waals surface area contributed by atoms with Gasteiger partial charge in [0.1, 0.15) is 17.2 Å². The number of nitrogens with one attached hydrogen (secondary N) is 1. The van der Waals surface area contributed by atoms with Gasteiger partial charge < -0.3 is 9.47 Å². The standard InChI is InChI=1S/C17H16N2O2S/c1-20-13-7-8-14(12-5-2-4-11(12)13)21-15-10-18-19-17(15)16-6-3-9-22-16/h3,6-10H,2,4-5H2,1H3,(H,18,19). The van der Waals surface area contributed by atoms with Crippen LogP contribution in [0.5, 0.6) is 17.2 Å². The van der Waals surface area contributed by atoms with Crippen molar-refractivity contribution in [1.29, 1.82) is 0 Å². The fraction of sp³-hybridized carbons (Fsp3) is 0.235. The van der Waals surface area contributed by atoms with Crippen molar-refractivity contribution in [3.05, 3.63) is 47.0 Å². The Bertz CT molecular complexity index is 793. The van der Waals surface area contributed by atoms with Crippen LogP contribution in [0.15, 0.2) is 35.8 Å². The molecule has 4 rings (SSSR count). The van der Waals surface area contributed by atoms with Crippen molar-refractivity contribution in [2.75, 3.05) is 7.11 Å². The Kier molecular flexibility index (Phi) is 3.35. The van der Waals surface area contributed by atoms with Crippen LogP contribution >= 0.6 is 11.3 Å². The Balaban J connectivity index is 1.71. The molecule has 5 heteroatoms. The highest BCUT2D eigenvalue weighted by Crippen LogP contribution is 2.41. The van der Waals surface area contributed by atoms with E-state index in [0.29, 0.717) is 0 Å². The van der Waals surface area contributed by atoms with Crippen molar-refractivity contribution in [2.45, 2.75) is 19.3 Å². The van der Waals surface area contributed by atoms with Crippen LogP contribution in [0.2, 0.25) is 0 Å². The number of benzene rings is 1. The Labute approximate surface area is 132 Å². The molecule has 22 heavy (non-hydrogen) atoms. The van der Waals surface area contributed by atoms with Gasteiger partial charge in [-0.25, -0.2) is 0 Å². The summed E-state index contributed by atoms with van der Waals surface area (Å²) in [5.41, 5.74) is 3.40. The zero-order valence-electron chi connectivity index (χ0n) is 12.3. The molecule has 0 bridgehead atoms. The van der Waals surface area contributed by atoms with Crippen LogP contribution in [-0.2, 0) is 12.8 Å². The summed E-state index contributed by atoms with van der Waals surface area (Å²) in [5, 5.41) is 9.26. The normalized spacial score (nSPS) is 13.1. The van der Waals surface area contributed by atoms with E-state index < -0.39 is 0 Å². The molecule has 0 saturated carbocycles. The molecular weight excluding hydrogens is 296 g/mol. The first kappa shape index (κ1) is 13.4. The zero-order valence-corrected chi connectivity index (χ0v) is 13.1. The highest BCUT2D eigenvalue weighted by Gasteiger charge is 2.21. The molecule has 0 spiro atoms. The number of fused-ring (bicyclic) bond motifs is 1. The van der Waals surface area contributed by atoms with Gasteiger partial charge in [-0.2, -0.15) is 5.10 Å². The van der Waals surface area contributed by atoms with Gasteiger partial charge in [0.05, 0.1) is 18.2 Å². The number of hydrogen-bond donors (Lipinski definition) is 1. The molecule has 112 valence electrons. The third-order valence-electron chi connectivity index (χ3n) is 4.00. The van der Waals surface area contributed by atoms with E-state index in [-0.39, 0.29) is 0 Å². The first-order valence-electron chi connectivity index (χ1n) is 7.31. The van der Waals surface area contributed by atoms with Crippen LogP contribution in [0.1, 0.15) is 17.5 Å². The summed E-state index contributed by atoms with van der Waals surface area (Å²) in [6, 6.07) is 8.05.